The van der Waals surface area contributed by atoms with Crippen LogP contribution in [-0.2, 0) is 15.0 Å². The average molecular weight is 166 g/mol. The summed E-state index contributed by atoms with van der Waals surface area (Å²) in [6.45, 7) is -0.500. The van der Waals surface area contributed by atoms with E-state index < -0.39 is 12.4 Å². The van der Waals surface area contributed by atoms with Crippen LogP contribution in [0.4, 0.5) is 0 Å². The molecule has 0 saturated carbocycles. The molecule has 0 fully saturated rings. The van der Waals surface area contributed by atoms with E-state index in [-0.39, 0.29) is 5.56 Å². The third-order valence-electron chi connectivity index (χ3n) is 1.01. The summed E-state index contributed by atoms with van der Waals surface area (Å²) in [6.07, 6.45) is 0. The summed E-state index contributed by atoms with van der Waals surface area (Å²) in [4.78, 5) is 18.3. The third-order valence-corrected chi connectivity index (χ3v) is 1.01. The van der Waals surface area contributed by atoms with Crippen molar-refractivity contribution in [2.24, 2.45) is 0 Å². The van der Waals surface area contributed by atoms with Crippen molar-refractivity contribution in [3.63, 3.8) is 0 Å². The molecule has 0 aromatic heterocycles. The van der Waals surface area contributed by atoms with Gasteiger partial charge in [-0.15, -0.1) is 0 Å². The van der Waals surface area contributed by atoms with Crippen molar-refractivity contribution in [3.8, 4) is 0 Å². The van der Waals surface area contributed by atoms with Crippen molar-refractivity contribution in [2.45, 2.75) is 0 Å². The molecule has 0 N–H and O–H groups in total. The van der Waals surface area contributed by atoms with Gasteiger partial charge in [0, 0.05) is 0 Å². The highest BCUT2D eigenvalue weighted by atomic mass is 16.4. The molecule has 2 radical (unpaired) electrons. The zero-order valence-corrected chi connectivity index (χ0v) is 6.10. The lowest BCUT2D eigenvalue weighted by Crippen LogP contribution is -1.91. The van der Waals surface area contributed by atoms with Gasteiger partial charge in [-0.2, -0.15) is 0 Å². The molecular formula is C8H6O4. The molecule has 4 nitrogen and oxygen atoms in total. The van der Waals surface area contributed by atoms with Gasteiger partial charge in [-0.3, -0.25) is 9.90 Å². The average Bonchev–Trinajstić information content (AvgIpc) is 2.07. The molecule has 0 atom stereocenters. The Bertz CT molecular complexity index is 242. The van der Waals surface area contributed by atoms with Crippen molar-refractivity contribution in [3.05, 3.63) is 35.9 Å². The molecule has 62 valence electrons. The number of benzene rings is 1. The molecule has 0 aliphatic heterocycles. The number of carbonyl (C=O) groups is 2. The smallest absolute Gasteiger partial charge is 0.251 e. The van der Waals surface area contributed by atoms with E-state index in [1.54, 1.807) is 18.2 Å². The summed E-state index contributed by atoms with van der Waals surface area (Å²) in [5, 5.41) is 18.3. The summed E-state index contributed by atoms with van der Waals surface area (Å²) in [6, 6.07) is 8.06. The molecule has 1 aromatic rings. The van der Waals surface area contributed by atoms with E-state index in [1.807, 2.05) is 0 Å². The second kappa shape index (κ2) is 5.91. The Labute approximate surface area is 69.1 Å². The van der Waals surface area contributed by atoms with Gasteiger partial charge < -0.3 is 0 Å². The van der Waals surface area contributed by atoms with Gasteiger partial charge in [0.1, 0.15) is 0 Å². The van der Waals surface area contributed by atoms with Crippen LogP contribution in [0.3, 0.4) is 0 Å². The maximum atomic E-state index is 10.1. The highest BCUT2D eigenvalue weighted by molar-refractivity contribution is 5.86. The lowest BCUT2D eigenvalue weighted by molar-refractivity contribution is -0.128. The minimum atomic E-state index is -1.13. The van der Waals surface area contributed by atoms with Crippen LogP contribution >= 0.6 is 0 Å². The van der Waals surface area contributed by atoms with E-state index in [1.165, 1.54) is 12.1 Å². The molecule has 0 aliphatic carbocycles. The fraction of sp³-hybridized carbons (Fsp3) is 0. The van der Waals surface area contributed by atoms with Crippen LogP contribution in [0, 0.1) is 0 Å². The Kier molecular flexibility index (Phi) is 5.00. The minimum absolute atomic E-state index is 0.220. The Balaban J connectivity index is 0.000000354. The molecular weight excluding hydrogens is 160 g/mol. The van der Waals surface area contributed by atoms with Crippen molar-refractivity contribution in [1.82, 2.24) is 0 Å². The summed E-state index contributed by atoms with van der Waals surface area (Å²) >= 11 is 0. The Hall–Kier alpha value is -1.84. The van der Waals surface area contributed by atoms with E-state index in [0.717, 1.165) is 0 Å². The standard InChI is InChI=1S/C7H5O2.CHO2/c8-7(9)6-4-2-1-3-5-6;2-1-3/h1-5H;1H. The van der Waals surface area contributed by atoms with Gasteiger partial charge in [-0.05, 0) is 12.1 Å². The molecule has 1 aromatic carbocycles. The van der Waals surface area contributed by atoms with Crippen LogP contribution in [0.2, 0.25) is 0 Å². The molecule has 0 heterocycles. The Morgan fingerprint density at radius 3 is 1.83 bits per heavy atom. The maximum absolute atomic E-state index is 10.1. The molecule has 0 bridgehead atoms. The van der Waals surface area contributed by atoms with Gasteiger partial charge in [0.2, 0.25) is 0 Å². The molecule has 1 rings (SSSR count). The van der Waals surface area contributed by atoms with E-state index in [9.17, 15) is 9.90 Å². The number of hydrogen-bond acceptors (Lipinski definition) is 2. The topological polar surface area (TPSA) is 73.9 Å². The molecule has 0 amide bonds. The predicted molar refractivity (Wildman–Crippen MR) is 38.2 cm³/mol. The lowest BCUT2D eigenvalue weighted by Gasteiger charge is -1.85. The predicted octanol–water partition coefficient (Wildman–Crippen LogP) is 0.831. The van der Waals surface area contributed by atoms with Crippen LogP contribution in [0.1, 0.15) is 10.4 Å². The molecule has 0 aliphatic rings. The third kappa shape index (κ3) is 4.05. The van der Waals surface area contributed by atoms with E-state index >= 15 is 0 Å². The molecule has 4 heteroatoms. The van der Waals surface area contributed by atoms with Gasteiger partial charge in [0.05, 0.1) is 5.56 Å². The first-order valence-electron chi connectivity index (χ1n) is 3.04. The van der Waals surface area contributed by atoms with Crippen molar-refractivity contribution < 1.29 is 19.8 Å². The molecule has 0 unspecified atom stereocenters. The van der Waals surface area contributed by atoms with E-state index in [0.29, 0.717) is 0 Å². The van der Waals surface area contributed by atoms with Crippen LogP contribution in [0.15, 0.2) is 30.3 Å². The van der Waals surface area contributed by atoms with Crippen molar-refractivity contribution >= 4 is 12.4 Å². The first-order valence-corrected chi connectivity index (χ1v) is 3.04. The zero-order chi connectivity index (χ0) is 9.40. The summed E-state index contributed by atoms with van der Waals surface area (Å²) < 4.78 is 0. The summed E-state index contributed by atoms with van der Waals surface area (Å²) in [5.74, 6) is -1.13. The van der Waals surface area contributed by atoms with E-state index in [2.05, 4.69) is 0 Å². The second-order valence-electron chi connectivity index (χ2n) is 1.75. The summed E-state index contributed by atoms with van der Waals surface area (Å²) in [7, 11) is 0. The van der Waals surface area contributed by atoms with Crippen molar-refractivity contribution in [1.29, 1.82) is 0 Å². The monoisotopic (exact) mass is 166 g/mol. The van der Waals surface area contributed by atoms with Crippen LogP contribution in [0.5, 0.6) is 0 Å². The number of rotatable bonds is 1. The maximum Gasteiger partial charge on any atom is 0.386 e. The number of carbonyl (C=O) groups excluding carboxylic acids is 2. The minimum Gasteiger partial charge on any atom is -0.251 e. The molecule has 12 heavy (non-hydrogen) atoms. The fourth-order valence-electron chi connectivity index (χ4n) is 0.574. The van der Waals surface area contributed by atoms with Gasteiger partial charge in [0.25, 0.3) is 0 Å². The Morgan fingerprint density at radius 2 is 1.58 bits per heavy atom. The van der Waals surface area contributed by atoms with Crippen LogP contribution < -0.4 is 0 Å². The molecule has 0 saturated heterocycles. The van der Waals surface area contributed by atoms with E-state index in [4.69, 9.17) is 9.90 Å². The van der Waals surface area contributed by atoms with Crippen LogP contribution in [-0.4, -0.2) is 12.4 Å². The lowest BCUT2D eigenvalue weighted by atomic mass is 10.2. The Morgan fingerprint density at radius 1 is 1.17 bits per heavy atom. The molecule has 0 spiro atoms. The highest BCUT2D eigenvalue weighted by Crippen LogP contribution is 1.96. The van der Waals surface area contributed by atoms with Gasteiger partial charge in [-0.1, -0.05) is 18.2 Å². The first kappa shape index (κ1) is 10.2. The second-order valence-corrected chi connectivity index (χ2v) is 1.75. The van der Waals surface area contributed by atoms with Gasteiger partial charge >= 0.3 is 12.4 Å². The normalized spacial score (nSPS) is 7.67. The summed E-state index contributed by atoms with van der Waals surface area (Å²) in [5.41, 5.74) is 0.220. The number of hydrogen-bond donors (Lipinski definition) is 0. The van der Waals surface area contributed by atoms with Gasteiger partial charge in [0.15, 0.2) is 0 Å². The highest BCUT2D eigenvalue weighted by Gasteiger charge is 1.99. The van der Waals surface area contributed by atoms with Gasteiger partial charge in [-0.25, -0.2) is 9.90 Å². The SMILES string of the molecule is [O]C(=O)c1ccccc1.[O]C=O. The largest absolute Gasteiger partial charge is 0.386 e. The quantitative estimate of drug-likeness (QED) is 0.579. The first-order chi connectivity index (χ1) is 5.72. The van der Waals surface area contributed by atoms with Crippen LogP contribution in [0.25, 0.3) is 0 Å². The van der Waals surface area contributed by atoms with Crippen molar-refractivity contribution in [2.75, 3.05) is 0 Å². The fourth-order valence-corrected chi connectivity index (χ4v) is 0.574. The zero-order valence-electron chi connectivity index (χ0n) is 6.10.